The maximum absolute atomic E-state index is 9.99. The van der Waals surface area contributed by atoms with Crippen LogP contribution in [0.1, 0.15) is 5.76 Å². The van der Waals surface area contributed by atoms with Crippen molar-refractivity contribution in [1.29, 1.82) is 0 Å². The minimum absolute atomic E-state index is 0.0270. The monoisotopic (exact) mass is 157 g/mol. The van der Waals surface area contributed by atoms with Gasteiger partial charge in [0.1, 0.15) is 6.21 Å². The van der Waals surface area contributed by atoms with Crippen LogP contribution in [0.3, 0.4) is 0 Å². The molecular weight excluding hydrogens is 154 g/mol. The molecule has 0 saturated heterocycles. The molecule has 1 heterocycles. The second kappa shape index (κ2) is 2.78. The average Bonchev–Trinajstić information content (AvgIpc) is 2.37. The first-order valence-corrected chi connectivity index (χ1v) is 2.52. The number of nitrogens with zero attached hydrogens (tertiary/aromatic N) is 3. The molecule has 11 heavy (non-hydrogen) atoms. The Morgan fingerprint density at radius 2 is 2.64 bits per heavy atom. The van der Waals surface area contributed by atoms with Gasteiger partial charge in [-0.15, -0.1) is 0 Å². The molecule has 0 fully saturated rings. The summed E-state index contributed by atoms with van der Waals surface area (Å²) in [5, 5.41) is 23.6. The highest BCUT2D eigenvalue weighted by Gasteiger charge is 2.12. The van der Waals surface area contributed by atoms with E-state index in [2.05, 4.69) is 14.8 Å². The molecule has 58 valence electrons. The van der Waals surface area contributed by atoms with Crippen molar-refractivity contribution in [1.82, 2.24) is 5.16 Å². The molecule has 7 nitrogen and oxygen atoms in total. The van der Waals surface area contributed by atoms with Crippen LogP contribution in [0.25, 0.3) is 0 Å². The van der Waals surface area contributed by atoms with E-state index in [-0.39, 0.29) is 5.76 Å². The molecule has 0 bridgehead atoms. The number of nitro groups is 1. The van der Waals surface area contributed by atoms with E-state index >= 15 is 0 Å². The van der Waals surface area contributed by atoms with Crippen molar-refractivity contribution in [2.75, 3.05) is 0 Å². The summed E-state index contributed by atoms with van der Waals surface area (Å²) in [6.45, 7) is 0. The zero-order chi connectivity index (χ0) is 8.27. The summed E-state index contributed by atoms with van der Waals surface area (Å²) in [5.74, 6) is -0.390. The molecule has 0 amide bonds. The van der Waals surface area contributed by atoms with Crippen molar-refractivity contribution in [3.05, 3.63) is 21.9 Å². The Labute approximate surface area is 60.1 Å². The van der Waals surface area contributed by atoms with E-state index < -0.39 is 10.7 Å². The molecule has 0 aliphatic heterocycles. The standard InChI is InChI=1S/C4H3N3O4/c8-5-2-3-1-4(6-11-3)7(9)10/h1-2,8H. The van der Waals surface area contributed by atoms with Crippen LogP contribution in [-0.2, 0) is 0 Å². The van der Waals surface area contributed by atoms with Gasteiger partial charge in [-0.2, -0.15) is 0 Å². The van der Waals surface area contributed by atoms with Crippen molar-refractivity contribution < 1.29 is 14.7 Å². The normalized spacial score (nSPS) is 10.5. The predicted octanol–water partition coefficient (Wildman–Crippen LogP) is 0.391. The Kier molecular flexibility index (Phi) is 1.81. The van der Waals surface area contributed by atoms with Gasteiger partial charge in [-0.25, -0.2) is 0 Å². The smallest absolute Gasteiger partial charge is 0.411 e. The fourth-order valence-electron chi connectivity index (χ4n) is 0.483. The van der Waals surface area contributed by atoms with Gasteiger partial charge in [0, 0.05) is 0 Å². The molecule has 0 saturated carbocycles. The van der Waals surface area contributed by atoms with Crippen LogP contribution >= 0.6 is 0 Å². The highest BCUT2D eigenvalue weighted by molar-refractivity contribution is 5.75. The van der Waals surface area contributed by atoms with Crippen LogP contribution in [0.5, 0.6) is 0 Å². The number of hydrogen-bond acceptors (Lipinski definition) is 6. The van der Waals surface area contributed by atoms with Crippen molar-refractivity contribution in [2.45, 2.75) is 0 Å². The lowest BCUT2D eigenvalue weighted by atomic mass is 10.5. The van der Waals surface area contributed by atoms with E-state index in [1.165, 1.54) is 0 Å². The Hall–Kier alpha value is -1.92. The van der Waals surface area contributed by atoms with Crippen molar-refractivity contribution in [3.8, 4) is 0 Å². The van der Waals surface area contributed by atoms with Gasteiger partial charge in [0.05, 0.1) is 6.07 Å². The van der Waals surface area contributed by atoms with Gasteiger partial charge in [0.15, 0.2) is 5.16 Å². The maximum atomic E-state index is 9.99. The summed E-state index contributed by atoms with van der Waals surface area (Å²) < 4.78 is 4.37. The van der Waals surface area contributed by atoms with E-state index in [0.29, 0.717) is 0 Å². The lowest BCUT2D eigenvalue weighted by molar-refractivity contribution is -0.390. The minimum atomic E-state index is -0.710. The van der Waals surface area contributed by atoms with Crippen molar-refractivity contribution in [2.24, 2.45) is 5.16 Å². The fraction of sp³-hybridized carbons (Fsp3) is 0. The van der Waals surface area contributed by atoms with E-state index in [9.17, 15) is 10.1 Å². The number of rotatable bonds is 2. The molecule has 0 atom stereocenters. The fourth-order valence-corrected chi connectivity index (χ4v) is 0.483. The Morgan fingerprint density at radius 3 is 3.09 bits per heavy atom. The van der Waals surface area contributed by atoms with Gasteiger partial charge in [-0.1, -0.05) is 5.16 Å². The summed E-state index contributed by atoms with van der Waals surface area (Å²) in [6, 6.07) is 1.04. The van der Waals surface area contributed by atoms with Crippen LogP contribution in [-0.4, -0.2) is 21.5 Å². The Bertz CT molecular complexity index is 291. The first-order chi connectivity index (χ1) is 5.24. The van der Waals surface area contributed by atoms with Gasteiger partial charge in [-0.3, -0.25) is 4.52 Å². The number of oxime groups is 1. The molecular formula is C4H3N3O4. The highest BCUT2D eigenvalue weighted by atomic mass is 16.6. The zero-order valence-corrected chi connectivity index (χ0v) is 5.17. The molecule has 1 aromatic rings. The predicted molar refractivity (Wildman–Crippen MR) is 32.5 cm³/mol. The third kappa shape index (κ3) is 1.51. The van der Waals surface area contributed by atoms with E-state index in [1.54, 1.807) is 0 Å². The van der Waals surface area contributed by atoms with E-state index in [1.807, 2.05) is 0 Å². The average molecular weight is 157 g/mol. The molecule has 7 heteroatoms. The quantitative estimate of drug-likeness (QED) is 0.289. The molecule has 0 aromatic carbocycles. The summed E-state index contributed by atoms with van der Waals surface area (Å²) in [5.41, 5.74) is 0. The zero-order valence-electron chi connectivity index (χ0n) is 5.17. The van der Waals surface area contributed by atoms with Gasteiger partial charge < -0.3 is 15.3 Å². The lowest BCUT2D eigenvalue weighted by Crippen LogP contribution is -1.85. The van der Waals surface area contributed by atoms with Crippen LogP contribution in [0.15, 0.2) is 15.7 Å². The minimum Gasteiger partial charge on any atom is -0.411 e. The topological polar surface area (TPSA) is 102 Å². The van der Waals surface area contributed by atoms with Crippen molar-refractivity contribution >= 4 is 12.0 Å². The molecule has 0 radical (unpaired) electrons. The summed E-state index contributed by atoms with van der Waals surface area (Å²) in [7, 11) is 0. The van der Waals surface area contributed by atoms with Gasteiger partial charge in [0.25, 0.3) is 0 Å². The van der Waals surface area contributed by atoms with Gasteiger partial charge >= 0.3 is 5.82 Å². The molecule has 1 rings (SSSR count). The van der Waals surface area contributed by atoms with Crippen LogP contribution in [0, 0.1) is 10.1 Å². The molecule has 0 spiro atoms. The summed E-state index contributed by atoms with van der Waals surface area (Å²) >= 11 is 0. The van der Waals surface area contributed by atoms with Crippen LogP contribution < -0.4 is 0 Å². The Morgan fingerprint density at radius 1 is 1.91 bits per heavy atom. The molecule has 0 unspecified atom stereocenters. The summed E-state index contributed by atoms with van der Waals surface area (Å²) in [6.07, 6.45) is 0.903. The molecule has 1 aromatic heterocycles. The first kappa shape index (κ1) is 7.19. The largest absolute Gasteiger partial charge is 0.414 e. The second-order valence-corrected chi connectivity index (χ2v) is 1.59. The van der Waals surface area contributed by atoms with Gasteiger partial charge in [-0.05, 0) is 4.92 Å². The number of aromatic nitrogens is 1. The van der Waals surface area contributed by atoms with E-state index in [4.69, 9.17) is 5.21 Å². The highest BCUT2D eigenvalue weighted by Crippen LogP contribution is 2.08. The van der Waals surface area contributed by atoms with Gasteiger partial charge in [0.2, 0.25) is 5.76 Å². The third-order valence-electron chi connectivity index (χ3n) is 0.888. The lowest BCUT2D eigenvalue weighted by Gasteiger charge is -1.79. The maximum Gasteiger partial charge on any atom is 0.414 e. The SMILES string of the molecule is O=[N+]([O-])c1cc(C=NO)on1. The van der Waals surface area contributed by atoms with Crippen LogP contribution in [0.4, 0.5) is 5.82 Å². The molecule has 1 N–H and O–H groups in total. The molecule has 0 aliphatic carbocycles. The third-order valence-corrected chi connectivity index (χ3v) is 0.888. The second-order valence-electron chi connectivity index (χ2n) is 1.59. The van der Waals surface area contributed by atoms with Crippen molar-refractivity contribution in [3.63, 3.8) is 0 Å². The summed E-state index contributed by atoms with van der Waals surface area (Å²) in [4.78, 5) is 9.28. The molecule has 0 aliphatic rings. The Balaban J connectivity index is 2.90. The first-order valence-electron chi connectivity index (χ1n) is 2.52. The van der Waals surface area contributed by atoms with Crippen LogP contribution in [0.2, 0.25) is 0 Å². The number of hydrogen-bond donors (Lipinski definition) is 1. The van der Waals surface area contributed by atoms with E-state index in [0.717, 1.165) is 12.3 Å².